The minimum absolute atomic E-state index is 0.195. The normalized spacial score (nSPS) is 18.0. The molecular formula is C27H35NO4. The van der Waals surface area contributed by atoms with Crippen LogP contribution in [0.4, 0.5) is 0 Å². The monoisotopic (exact) mass is 437 g/mol. The Kier molecular flexibility index (Phi) is 8.86. The zero-order chi connectivity index (χ0) is 22.9. The summed E-state index contributed by atoms with van der Waals surface area (Å²) in [7, 11) is 0. The number of rotatable bonds is 12. The van der Waals surface area contributed by atoms with Gasteiger partial charge in [-0.1, -0.05) is 49.4 Å². The summed E-state index contributed by atoms with van der Waals surface area (Å²) in [6.45, 7) is 2.79. The molecule has 1 amide bonds. The van der Waals surface area contributed by atoms with Crippen LogP contribution in [0.5, 0.6) is 0 Å². The number of aliphatic hydroxyl groups excluding tert-OH is 1. The highest BCUT2D eigenvalue weighted by molar-refractivity contribution is 5.87. The Labute approximate surface area is 191 Å². The van der Waals surface area contributed by atoms with E-state index in [9.17, 15) is 14.7 Å². The van der Waals surface area contributed by atoms with Crippen molar-refractivity contribution in [3.8, 4) is 0 Å². The van der Waals surface area contributed by atoms with Gasteiger partial charge in [0, 0.05) is 19.0 Å². The van der Waals surface area contributed by atoms with Crippen molar-refractivity contribution in [2.24, 2.45) is 5.92 Å². The predicted molar refractivity (Wildman–Crippen MR) is 126 cm³/mol. The molecule has 0 saturated carbocycles. The van der Waals surface area contributed by atoms with Gasteiger partial charge in [0.1, 0.15) is 0 Å². The van der Waals surface area contributed by atoms with E-state index in [-0.39, 0.29) is 24.0 Å². The number of carboxylic acids is 1. The second-order valence-electron chi connectivity index (χ2n) is 9.03. The van der Waals surface area contributed by atoms with Gasteiger partial charge in [-0.05, 0) is 74.1 Å². The van der Waals surface area contributed by atoms with Gasteiger partial charge in [0.15, 0.2) is 0 Å². The van der Waals surface area contributed by atoms with Crippen molar-refractivity contribution in [1.29, 1.82) is 0 Å². The third kappa shape index (κ3) is 6.92. The molecule has 32 heavy (non-hydrogen) atoms. The number of aryl methyl sites for hydroxylation is 2. The molecule has 0 bridgehead atoms. The average molecular weight is 438 g/mol. The minimum atomic E-state index is -0.918. The smallest absolute Gasteiger partial charge is 0.335 e. The van der Waals surface area contributed by atoms with Crippen LogP contribution in [0, 0.1) is 5.92 Å². The number of amides is 1. The Hall–Kier alpha value is -2.66. The molecule has 1 aliphatic heterocycles. The first-order chi connectivity index (χ1) is 15.4. The van der Waals surface area contributed by atoms with E-state index in [0.29, 0.717) is 24.9 Å². The lowest BCUT2D eigenvalue weighted by Crippen LogP contribution is -2.35. The van der Waals surface area contributed by atoms with E-state index < -0.39 is 5.97 Å². The maximum Gasteiger partial charge on any atom is 0.335 e. The molecule has 0 unspecified atom stereocenters. The number of aliphatic hydroxyl groups is 1. The summed E-state index contributed by atoms with van der Waals surface area (Å²) in [6, 6.07) is 17.6. The molecule has 0 radical (unpaired) electrons. The molecule has 2 N–H and O–H groups in total. The van der Waals surface area contributed by atoms with Gasteiger partial charge < -0.3 is 15.1 Å². The molecule has 3 rings (SSSR count). The molecule has 1 aliphatic rings. The van der Waals surface area contributed by atoms with Crippen LogP contribution in [0.3, 0.4) is 0 Å². The van der Waals surface area contributed by atoms with E-state index in [2.05, 4.69) is 19.1 Å². The number of hydrogen-bond acceptors (Lipinski definition) is 3. The number of carbonyl (C=O) groups is 2. The summed E-state index contributed by atoms with van der Waals surface area (Å²) in [4.78, 5) is 25.5. The maximum absolute atomic E-state index is 12.4. The molecule has 1 saturated heterocycles. The predicted octanol–water partition coefficient (Wildman–Crippen LogP) is 4.72. The number of carbonyl (C=O) groups excluding carboxylic acids is 1. The van der Waals surface area contributed by atoms with E-state index in [1.165, 1.54) is 5.56 Å². The largest absolute Gasteiger partial charge is 0.478 e. The Morgan fingerprint density at radius 3 is 2.56 bits per heavy atom. The SMILES string of the molecule is C[C@@H](CCc1ccccc1)[C@H](O)CC[C@H]1CCC(=O)N1CCCc1cccc(C(=O)O)c1. The summed E-state index contributed by atoms with van der Waals surface area (Å²) in [5.74, 6) is -0.499. The fraction of sp³-hybridized carbons (Fsp3) is 0.481. The van der Waals surface area contributed by atoms with Crippen LogP contribution in [0.25, 0.3) is 0 Å². The summed E-state index contributed by atoms with van der Waals surface area (Å²) in [5.41, 5.74) is 2.58. The zero-order valence-electron chi connectivity index (χ0n) is 19.0. The number of nitrogens with zero attached hydrogens (tertiary/aromatic N) is 1. The quantitative estimate of drug-likeness (QED) is 0.504. The van der Waals surface area contributed by atoms with E-state index in [1.54, 1.807) is 18.2 Å². The minimum Gasteiger partial charge on any atom is -0.478 e. The standard InChI is InChI=1S/C27H35NO4/c1-20(12-13-21-7-3-2-4-8-21)25(29)16-14-24-15-17-26(30)28(24)18-6-10-22-9-5-11-23(19-22)27(31)32/h2-5,7-9,11,19-20,24-25,29H,6,10,12-18H2,1H3,(H,31,32)/t20-,24-,25+/m0/s1. The second kappa shape index (κ2) is 11.8. The van der Waals surface area contributed by atoms with Gasteiger partial charge in [-0.15, -0.1) is 0 Å². The summed E-state index contributed by atoms with van der Waals surface area (Å²) >= 11 is 0. The van der Waals surface area contributed by atoms with Gasteiger partial charge in [0.25, 0.3) is 0 Å². The van der Waals surface area contributed by atoms with Gasteiger partial charge in [0.2, 0.25) is 5.91 Å². The molecule has 5 nitrogen and oxygen atoms in total. The van der Waals surface area contributed by atoms with Crippen molar-refractivity contribution in [3.05, 3.63) is 71.3 Å². The van der Waals surface area contributed by atoms with E-state index in [1.807, 2.05) is 29.2 Å². The molecule has 5 heteroatoms. The Balaban J connectivity index is 1.42. The topological polar surface area (TPSA) is 77.8 Å². The van der Waals surface area contributed by atoms with E-state index in [4.69, 9.17) is 5.11 Å². The lowest BCUT2D eigenvalue weighted by atomic mass is 9.92. The third-order valence-corrected chi connectivity index (χ3v) is 6.67. The van der Waals surface area contributed by atoms with E-state index in [0.717, 1.165) is 44.1 Å². The summed E-state index contributed by atoms with van der Waals surface area (Å²) < 4.78 is 0. The first-order valence-electron chi connectivity index (χ1n) is 11.8. The first-order valence-corrected chi connectivity index (χ1v) is 11.8. The molecule has 0 aromatic heterocycles. The Bertz CT molecular complexity index is 882. The molecule has 2 aromatic rings. The van der Waals surface area contributed by atoms with Crippen LogP contribution >= 0.6 is 0 Å². The number of aromatic carboxylic acids is 1. The molecule has 0 aliphatic carbocycles. The fourth-order valence-corrected chi connectivity index (χ4v) is 4.59. The van der Waals surface area contributed by atoms with Crippen LogP contribution in [0.15, 0.2) is 54.6 Å². The van der Waals surface area contributed by atoms with Crippen LogP contribution in [-0.2, 0) is 17.6 Å². The molecule has 1 heterocycles. The summed E-state index contributed by atoms with van der Waals surface area (Å²) in [6.07, 6.45) is 6.11. The van der Waals surface area contributed by atoms with Gasteiger partial charge in [-0.2, -0.15) is 0 Å². The number of likely N-dealkylation sites (tertiary alicyclic amines) is 1. The highest BCUT2D eigenvalue weighted by atomic mass is 16.4. The van der Waals surface area contributed by atoms with Crippen molar-refractivity contribution >= 4 is 11.9 Å². The van der Waals surface area contributed by atoms with Crippen LogP contribution in [0.2, 0.25) is 0 Å². The number of carboxylic acid groups (broad SMARTS) is 1. The molecule has 3 atom stereocenters. The first kappa shape index (κ1) is 24.0. The van der Waals surface area contributed by atoms with Crippen molar-refractivity contribution < 1.29 is 19.8 Å². The number of hydrogen-bond donors (Lipinski definition) is 2. The highest BCUT2D eigenvalue weighted by Gasteiger charge is 2.31. The van der Waals surface area contributed by atoms with Crippen LogP contribution in [0.1, 0.15) is 66.9 Å². The molecule has 1 fully saturated rings. The average Bonchev–Trinajstić information content (AvgIpc) is 3.16. The third-order valence-electron chi connectivity index (χ3n) is 6.67. The lowest BCUT2D eigenvalue weighted by Gasteiger charge is -2.27. The van der Waals surface area contributed by atoms with Gasteiger partial charge in [0.05, 0.1) is 11.7 Å². The number of benzene rings is 2. The molecular weight excluding hydrogens is 402 g/mol. The van der Waals surface area contributed by atoms with Crippen LogP contribution < -0.4 is 0 Å². The van der Waals surface area contributed by atoms with Crippen molar-refractivity contribution in [2.45, 2.75) is 70.4 Å². The van der Waals surface area contributed by atoms with Crippen molar-refractivity contribution in [2.75, 3.05) is 6.54 Å². The van der Waals surface area contributed by atoms with Crippen molar-refractivity contribution in [1.82, 2.24) is 4.90 Å². The Morgan fingerprint density at radius 2 is 1.81 bits per heavy atom. The highest BCUT2D eigenvalue weighted by Crippen LogP contribution is 2.26. The maximum atomic E-state index is 12.4. The fourth-order valence-electron chi connectivity index (χ4n) is 4.59. The van der Waals surface area contributed by atoms with Crippen LogP contribution in [-0.4, -0.2) is 45.7 Å². The summed E-state index contributed by atoms with van der Waals surface area (Å²) in [5, 5.41) is 19.8. The van der Waals surface area contributed by atoms with Gasteiger partial charge >= 0.3 is 5.97 Å². The molecule has 2 aromatic carbocycles. The lowest BCUT2D eigenvalue weighted by molar-refractivity contribution is -0.129. The Morgan fingerprint density at radius 1 is 1.06 bits per heavy atom. The zero-order valence-corrected chi connectivity index (χ0v) is 19.0. The molecule has 0 spiro atoms. The van der Waals surface area contributed by atoms with Gasteiger partial charge in [-0.25, -0.2) is 4.79 Å². The van der Waals surface area contributed by atoms with E-state index >= 15 is 0 Å². The molecule has 172 valence electrons. The van der Waals surface area contributed by atoms with Crippen molar-refractivity contribution in [3.63, 3.8) is 0 Å². The second-order valence-corrected chi connectivity index (χ2v) is 9.03. The van der Waals surface area contributed by atoms with Gasteiger partial charge in [-0.3, -0.25) is 4.79 Å².